The van der Waals surface area contributed by atoms with Gasteiger partial charge < -0.3 is 19.6 Å². The summed E-state index contributed by atoms with van der Waals surface area (Å²) in [7, 11) is -9.88. The van der Waals surface area contributed by atoms with Crippen LogP contribution in [-0.4, -0.2) is 30.0 Å². The molecule has 0 amide bonds. The van der Waals surface area contributed by atoms with Crippen LogP contribution in [0.25, 0.3) is 11.1 Å². The molecule has 1 aromatic heterocycles. The molecule has 0 unspecified atom stereocenters. The number of rotatable bonds is 5. The van der Waals surface area contributed by atoms with Crippen LogP contribution in [0, 0.1) is 0 Å². The van der Waals surface area contributed by atoms with E-state index in [4.69, 9.17) is 19.6 Å². The monoisotopic (exact) mass is 343 g/mol. The van der Waals surface area contributed by atoms with Crippen molar-refractivity contribution in [2.24, 2.45) is 0 Å². The largest absolute Gasteiger partial charge is 0.341 e. The van der Waals surface area contributed by atoms with Crippen LogP contribution in [0.15, 0.2) is 48.8 Å². The summed E-state index contributed by atoms with van der Waals surface area (Å²) in [5, 5.41) is -2.06. The summed E-state index contributed by atoms with van der Waals surface area (Å²) in [6, 6.07) is 10.8. The van der Waals surface area contributed by atoms with Gasteiger partial charge in [-0.1, -0.05) is 30.3 Å². The molecule has 0 aliphatic rings. The summed E-state index contributed by atoms with van der Waals surface area (Å²) >= 11 is 0. The van der Waals surface area contributed by atoms with Crippen LogP contribution >= 0.6 is 15.2 Å². The Balaban J connectivity index is 2.34. The molecule has 2 rings (SSSR count). The summed E-state index contributed by atoms with van der Waals surface area (Å²) in [5.41, 5.74) is 1.90. The highest BCUT2D eigenvalue weighted by Gasteiger charge is 2.43. The predicted octanol–water partition coefficient (Wildman–Crippen LogP) is 1.97. The lowest BCUT2D eigenvalue weighted by molar-refractivity contribution is 0.338. The Morgan fingerprint density at radius 2 is 1.50 bits per heavy atom. The normalized spacial score (nSPS) is 12.6. The maximum Gasteiger partial charge on any atom is 0.341 e. The standard InChI is InChI=1S/C13H15NO6P2/c15-21(16,17)13(22(18,19)20)7-10-6-12(9-14-8-10)11-4-2-1-3-5-11/h1-6,8-9,13H,7H2,(H2,15,16,17)(H2,18,19,20). The molecule has 1 heterocycles. The zero-order valence-electron chi connectivity index (χ0n) is 11.4. The molecule has 1 aromatic carbocycles. The van der Waals surface area contributed by atoms with E-state index in [2.05, 4.69) is 4.98 Å². The van der Waals surface area contributed by atoms with E-state index in [-0.39, 0.29) is 0 Å². The fourth-order valence-electron chi connectivity index (χ4n) is 2.03. The second-order valence-corrected chi connectivity index (χ2v) is 8.82. The first-order valence-electron chi connectivity index (χ1n) is 6.28. The minimum atomic E-state index is -4.94. The second-order valence-electron chi connectivity index (χ2n) is 4.81. The zero-order chi connectivity index (χ0) is 16.4. The number of hydrogen-bond donors (Lipinski definition) is 4. The first-order chi connectivity index (χ1) is 10.2. The van der Waals surface area contributed by atoms with Crippen molar-refractivity contribution >= 4 is 15.2 Å². The molecule has 0 aliphatic heterocycles. The lowest BCUT2D eigenvalue weighted by Crippen LogP contribution is -2.13. The number of pyridine rings is 1. The Bertz CT molecular complexity index is 717. The Morgan fingerprint density at radius 1 is 0.909 bits per heavy atom. The maximum atomic E-state index is 11.3. The molecule has 9 heteroatoms. The minimum absolute atomic E-state index is 0.345. The minimum Gasteiger partial charge on any atom is -0.324 e. The predicted molar refractivity (Wildman–Crippen MR) is 81.3 cm³/mol. The molecule has 7 nitrogen and oxygen atoms in total. The molecular weight excluding hydrogens is 328 g/mol. The van der Waals surface area contributed by atoms with Crippen molar-refractivity contribution < 1.29 is 28.7 Å². The van der Waals surface area contributed by atoms with E-state index in [0.717, 1.165) is 5.56 Å². The van der Waals surface area contributed by atoms with E-state index >= 15 is 0 Å². The van der Waals surface area contributed by atoms with Crippen LogP contribution in [0.4, 0.5) is 0 Å². The molecule has 0 aliphatic carbocycles. The van der Waals surface area contributed by atoms with Crippen molar-refractivity contribution in [3.8, 4) is 11.1 Å². The van der Waals surface area contributed by atoms with Gasteiger partial charge in [-0.15, -0.1) is 0 Å². The smallest absolute Gasteiger partial charge is 0.324 e. The van der Waals surface area contributed by atoms with Crippen molar-refractivity contribution in [2.45, 2.75) is 11.8 Å². The molecule has 0 saturated heterocycles. The second kappa shape index (κ2) is 6.42. The number of benzene rings is 1. The van der Waals surface area contributed by atoms with Gasteiger partial charge >= 0.3 is 15.2 Å². The number of hydrogen-bond acceptors (Lipinski definition) is 3. The zero-order valence-corrected chi connectivity index (χ0v) is 13.1. The first kappa shape index (κ1) is 17.0. The third kappa shape index (κ3) is 4.34. The SMILES string of the molecule is O=P(O)(O)C(Cc1cncc(-c2ccccc2)c1)P(=O)(O)O. The molecule has 0 spiro atoms. The van der Waals surface area contributed by atoms with Crippen molar-refractivity contribution in [1.82, 2.24) is 4.98 Å². The Kier molecular flexibility index (Phi) is 4.97. The third-order valence-corrected chi connectivity index (χ3v) is 6.82. The molecule has 0 fully saturated rings. The van der Waals surface area contributed by atoms with Gasteiger partial charge in [-0.25, -0.2) is 0 Å². The number of aromatic nitrogens is 1. The highest BCUT2D eigenvalue weighted by atomic mass is 31.2. The van der Waals surface area contributed by atoms with Gasteiger partial charge in [0.2, 0.25) is 0 Å². The molecule has 4 N–H and O–H groups in total. The molecule has 118 valence electrons. The first-order valence-corrected chi connectivity index (χ1v) is 9.64. The fraction of sp³-hybridized carbons (Fsp3) is 0.154. The van der Waals surface area contributed by atoms with Crippen molar-refractivity contribution in [3.63, 3.8) is 0 Å². The summed E-state index contributed by atoms with van der Waals surface area (Å²) in [4.78, 5) is 40.6. The van der Waals surface area contributed by atoms with Crippen LogP contribution < -0.4 is 0 Å². The van der Waals surface area contributed by atoms with Gasteiger partial charge in [-0.05, 0) is 23.6 Å². The van der Waals surface area contributed by atoms with E-state index in [0.29, 0.717) is 11.1 Å². The van der Waals surface area contributed by atoms with E-state index in [1.807, 2.05) is 30.3 Å². The van der Waals surface area contributed by atoms with Gasteiger partial charge in [0.25, 0.3) is 0 Å². The molecule has 0 saturated carbocycles. The van der Waals surface area contributed by atoms with Gasteiger partial charge in [0.15, 0.2) is 5.40 Å². The van der Waals surface area contributed by atoms with Gasteiger partial charge in [0.05, 0.1) is 0 Å². The van der Waals surface area contributed by atoms with Gasteiger partial charge in [0, 0.05) is 18.0 Å². The van der Waals surface area contributed by atoms with Crippen molar-refractivity contribution in [3.05, 3.63) is 54.4 Å². The fourth-order valence-corrected chi connectivity index (χ4v) is 4.50. The Morgan fingerprint density at radius 3 is 2.05 bits per heavy atom. The van der Waals surface area contributed by atoms with E-state index in [1.54, 1.807) is 12.3 Å². The molecule has 2 aromatic rings. The van der Waals surface area contributed by atoms with Crippen molar-refractivity contribution in [1.29, 1.82) is 0 Å². The van der Waals surface area contributed by atoms with Gasteiger partial charge in [-0.3, -0.25) is 14.1 Å². The van der Waals surface area contributed by atoms with E-state index < -0.39 is 27.0 Å². The molecule has 0 atom stereocenters. The maximum absolute atomic E-state index is 11.3. The topological polar surface area (TPSA) is 128 Å². The quantitative estimate of drug-likeness (QED) is 0.611. The van der Waals surface area contributed by atoms with Gasteiger partial charge in [0.1, 0.15) is 0 Å². The lowest BCUT2D eigenvalue weighted by atomic mass is 10.1. The highest BCUT2D eigenvalue weighted by molar-refractivity contribution is 7.70. The highest BCUT2D eigenvalue weighted by Crippen LogP contribution is 2.60. The third-order valence-electron chi connectivity index (χ3n) is 3.10. The molecular formula is C13H15NO6P2. The van der Waals surface area contributed by atoms with Crippen LogP contribution in [0.1, 0.15) is 5.56 Å². The molecule has 0 bridgehead atoms. The molecule has 22 heavy (non-hydrogen) atoms. The summed E-state index contributed by atoms with van der Waals surface area (Å²) < 4.78 is 22.6. The Hall–Kier alpha value is -1.33. The van der Waals surface area contributed by atoms with Crippen LogP contribution in [0.5, 0.6) is 0 Å². The summed E-state index contributed by atoms with van der Waals surface area (Å²) in [6.45, 7) is 0. The van der Waals surface area contributed by atoms with Crippen LogP contribution in [-0.2, 0) is 15.6 Å². The van der Waals surface area contributed by atoms with E-state index in [1.165, 1.54) is 6.20 Å². The summed E-state index contributed by atoms with van der Waals surface area (Å²) in [6.07, 6.45) is 2.45. The summed E-state index contributed by atoms with van der Waals surface area (Å²) in [5.74, 6) is 0. The van der Waals surface area contributed by atoms with Gasteiger partial charge in [-0.2, -0.15) is 0 Å². The van der Waals surface area contributed by atoms with Crippen molar-refractivity contribution in [2.75, 3.05) is 0 Å². The Labute approximate surface area is 127 Å². The average molecular weight is 343 g/mol. The van der Waals surface area contributed by atoms with Crippen LogP contribution in [0.2, 0.25) is 0 Å². The lowest BCUT2D eigenvalue weighted by Gasteiger charge is -2.19. The van der Waals surface area contributed by atoms with Crippen LogP contribution in [0.3, 0.4) is 0 Å². The van der Waals surface area contributed by atoms with E-state index in [9.17, 15) is 9.13 Å². The average Bonchev–Trinajstić information content (AvgIpc) is 2.44. The number of nitrogens with zero attached hydrogens (tertiary/aromatic N) is 1. The molecule has 0 radical (unpaired) electrons.